The molecule has 5 heterocycles. The third-order valence-corrected chi connectivity index (χ3v) is 7.78. The highest BCUT2D eigenvalue weighted by atomic mass is 16.1. The second-order valence-electron chi connectivity index (χ2n) is 10.5. The van der Waals surface area contributed by atoms with Crippen LogP contribution >= 0.6 is 0 Å². The summed E-state index contributed by atoms with van der Waals surface area (Å²) in [5.41, 5.74) is 9.46. The number of fused-ring (bicyclic) bond motifs is 2. The summed E-state index contributed by atoms with van der Waals surface area (Å²) in [7, 11) is 2.18. The van der Waals surface area contributed by atoms with E-state index in [9.17, 15) is 4.79 Å². The molecule has 1 aliphatic rings. The minimum atomic E-state index is -0.113. The highest BCUT2D eigenvalue weighted by Crippen LogP contribution is 2.31. The van der Waals surface area contributed by atoms with Crippen LogP contribution in [0.5, 0.6) is 0 Å². The summed E-state index contributed by atoms with van der Waals surface area (Å²) in [5.74, 6) is 0. The number of H-pyrrole nitrogens is 1. The van der Waals surface area contributed by atoms with E-state index in [1.54, 1.807) is 12.3 Å². The molecule has 40 heavy (non-hydrogen) atoms. The van der Waals surface area contributed by atoms with E-state index in [1.165, 1.54) is 5.69 Å². The van der Waals surface area contributed by atoms with Gasteiger partial charge in [0.2, 0.25) is 5.56 Å². The van der Waals surface area contributed by atoms with Crippen molar-refractivity contribution in [2.75, 3.05) is 38.1 Å². The van der Waals surface area contributed by atoms with Crippen molar-refractivity contribution in [3.8, 4) is 33.6 Å². The number of imidazole rings is 1. The molecule has 0 atom stereocenters. The fourth-order valence-electron chi connectivity index (χ4n) is 5.48. The van der Waals surface area contributed by atoms with Crippen LogP contribution in [0.25, 0.3) is 50.2 Å². The average molecular weight is 528 g/mol. The van der Waals surface area contributed by atoms with E-state index in [0.29, 0.717) is 0 Å². The SMILES string of the molecule is Cc1nn2c(-c3cc(-c4ccc5ccc(=O)[nH]c5c4)ccn3)cnc2cc1-c1cccc(N2CCN(C)CC2)c1. The van der Waals surface area contributed by atoms with Crippen molar-refractivity contribution in [2.24, 2.45) is 0 Å². The summed E-state index contributed by atoms with van der Waals surface area (Å²) in [6.07, 6.45) is 3.63. The summed E-state index contributed by atoms with van der Waals surface area (Å²) in [6, 6.07) is 24.3. The van der Waals surface area contributed by atoms with E-state index in [0.717, 1.165) is 82.1 Å². The van der Waals surface area contributed by atoms with Crippen LogP contribution in [0.1, 0.15) is 5.69 Å². The minimum absolute atomic E-state index is 0.113. The van der Waals surface area contributed by atoms with Crippen molar-refractivity contribution >= 4 is 22.2 Å². The molecule has 0 saturated carbocycles. The topological polar surface area (TPSA) is 82.4 Å². The summed E-state index contributed by atoms with van der Waals surface area (Å²) in [4.78, 5) is 28.9. The second kappa shape index (κ2) is 9.73. The Hall–Kier alpha value is -4.82. The lowest BCUT2D eigenvalue weighted by atomic mass is 10.0. The first kappa shape index (κ1) is 24.2. The van der Waals surface area contributed by atoms with Gasteiger partial charge >= 0.3 is 0 Å². The number of likely N-dealkylation sites (N-methyl/N-ethyl adjacent to an activating group) is 1. The molecule has 0 amide bonds. The number of hydrogen-bond acceptors (Lipinski definition) is 6. The standard InChI is InChI=1S/C32H29N7O/c1-21-27(25-4-3-5-26(16-25)38-14-12-37(2)13-15-38)19-31-34-20-30(39(31)36-21)29-18-24(10-11-33-29)23-7-6-22-8-9-32(40)35-28(22)17-23/h3-11,16-20H,12-15H2,1-2H3,(H,35,40). The zero-order valence-electron chi connectivity index (χ0n) is 22.5. The molecule has 0 bridgehead atoms. The van der Waals surface area contributed by atoms with E-state index in [1.807, 2.05) is 48.0 Å². The van der Waals surface area contributed by atoms with Gasteiger partial charge in [0, 0.05) is 55.2 Å². The summed E-state index contributed by atoms with van der Waals surface area (Å²) >= 11 is 0. The van der Waals surface area contributed by atoms with Gasteiger partial charge in [-0.05, 0) is 78.5 Å². The van der Waals surface area contributed by atoms with Crippen molar-refractivity contribution < 1.29 is 0 Å². The largest absolute Gasteiger partial charge is 0.369 e. The van der Waals surface area contributed by atoms with Gasteiger partial charge in [-0.1, -0.05) is 24.3 Å². The number of nitrogens with one attached hydrogen (secondary N) is 1. The normalized spacial score (nSPS) is 14.3. The highest BCUT2D eigenvalue weighted by molar-refractivity contribution is 5.84. The van der Waals surface area contributed by atoms with E-state index in [-0.39, 0.29) is 5.56 Å². The Labute approximate surface area is 231 Å². The molecular weight excluding hydrogens is 498 g/mol. The lowest BCUT2D eigenvalue weighted by molar-refractivity contribution is 0.313. The maximum atomic E-state index is 11.8. The smallest absolute Gasteiger partial charge is 0.248 e. The van der Waals surface area contributed by atoms with E-state index in [2.05, 4.69) is 63.2 Å². The first-order valence-electron chi connectivity index (χ1n) is 13.5. The molecule has 1 aliphatic heterocycles. The highest BCUT2D eigenvalue weighted by Gasteiger charge is 2.17. The Morgan fingerprint density at radius 2 is 1.65 bits per heavy atom. The molecule has 1 N–H and O–H groups in total. The number of aryl methyl sites for hydroxylation is 1. The van der Waals surface area contributed by atoms with Gasteiger partial charge in [-0.25, -0.2) is 9.50 Å². The Morgan fingerprint density at radius 3 is 2.52 bits per heavy atom. The van der Waals surface area contributed by atoms with Crippen LogP contribution in [0.3, 0.4) is 0 Å². The molecule has 1 saturated heterocycles. The fraction of sp³-hybridized carbons (Fsp3) is 0.188. The molecule has 2 aromatic carbocycles. The Bertz CT molecular complexity index is 1930. The van der Waals surface area contributed by atoms with Gasteiger partial charge < -0.3 is 14.8 Å². The molecule has 198 valence electrons. The van der Waals surface area contributed by atoms with Crippen molar-refractivity contribution in [2.45, 2.75) is 6.92 Å². The molecule has 0 radical (unpaired) electrons. The summed E-state index contributed by atoms with van der Waals surface area (Å²) < 4.78 is 1.87. The number of nitrogens with zero attached hydrogens (tertiary/aromatic N) is 6. The monoisotopic (exact) mass is 527 g/mol. The Kier molecular flexibility index (Phi) is 5.90. The van der Waals surface area contributed by atoms with Gasteiger partial charge in [0.15, 0.2) is 5.65 Å². The Balaban J connectivity index is 1.23. The Morgan fingerprint density at radius 1 is 0.825 bits per heavy atom. The first-order valence-corrected chi connectivity index (χ1v) is 13.5. The van der Waals surface area contributed by atoms with Gasteiger partial charge in [-0.3, -0.25) is 9.78 Å². The van der Waals surface area contributed by atoms with Gasteiger partial charge in [-0.2, -0.15) is 5.10 Å². The number of rotatable bonds is 4. The maximum absolute atomic E-state index is 11.8. The molecule has 8 nitrogen and oxygen atoms in total. The van der Waals surface area contributed by atoms with Crippen molar-refractivity contribution in [1.82, 2.24) is 29.5 Å². The van der Waals surface area contributed by atoms with Gasteiger partial charge in [0.05, 0.1) is 17.6 Å². The van der Waals surface area contributed by atoms with Crippen molar-refractivity contribution in [3.05, 3.63) is 101 Å². The number of anilines is 1. The van der Waals surface area contributed by atoms with Crippen molar-refractivity contribution in [3.63, 3.8) is 0 Å². The van der Waals surface area contributed by atoms with Crippen LogP contribution in [-0.2, 0) is 0 Å². The predicted octanol–water partition coefficient (Wildman–Crippen LogP) is 5.03. The van der Waals surface area contributed by atoms with Crippen LogP contribution in [-0.4, -0.2) is 62.7 Å². The van der Waals surface area contributed by atoms with Gasteiger partial charge in [-0.15, -0.1) is 0 Å². The first-order chi connectivity index (χ1) is 19.5. The lowest BCUT2D eigenvalue weighted by Gasteiger charge is -2.34. The number of aromatic nitrogens is 5. The molecule has 0 unspecified atom stereocenters. The number of aromatic amines is 1. The quantitative estimate of drug-likeness (QED) is 0.346. The molecule has 0 aliphatic carbocycles. The van der Waals surface area contributed by atoms with Crippen LogP contribution in [0.2, 0.25) is 0 Å². The third-order valence-electron chi connectivity index (χ3n) is 7.78. The second-order valence-corrected chi connectivity index (χ2v) is 10.5. The molecule has 0 spiro atoms. The molecule has 4 aromatic heterocycles. The minimum Gasteiger partial charge on any atom is -0.369 e. The third kappa shape index (κ3) is 4.42. The van der Waals surface area contributed by atoms with Crippen LogP contribution in [0.4, 0.5) is 5.69 Å². The maximum Gasteiger partial charge on any atom is 0.248 e. The molecule has 8 heteroatoms. The van der Waals surface area contributed by atoms with E-state index >= 15 is 0 Å². The molecule has 7 rings (SSSR count). The zero-order chi connectivity index (χ0) is 27.2. The van der Waals surface area contributed by atoms with Crippen molar-refractivity contribution in [1.29, 1.82) is 0 Å². The number of pyridine rings is 2. The number of piperazine rings is 1. The van der Waals surface area contributed by atoms with E-state index < -0.39 is 0 Å². The van der Waals surface area contributed by atoms with Gasteiger partial charge in [0.25, 0.3) is 0 Å². The lowest BCUT2D eigenvalue weighted by Crippen LogP contribution is -2.44. The fourth-order valence-corrected chi connectivity index (χ4v) is 5.48. The van der Waals surface area contributed by atoms with Gasteiger partial charge in [0.1, 0.15) is 5.69 Å². The number of hydrogen-bond donors (Lipinski definition) is 1. The van der Waals surface area contributed by atoms with E-state index in [4.69, 9.17) is 10.1 Å². The summed E-state index contributed by atoms with van der Waals surface area (Å²) in [6.45, 7) is 6.25. The zero-order valence-corrected chi connectivity index (χ0v) is 22.5. The van der Waals surface area contributed by atoms with Crippen LogP contribution < -0.4 is 10.5 Å². The van der Waals surface area contributed by atoms with Crippen LogP contribution in [0.15, 0.2) is 90.0 Å². The molecule has 6 aromatic rings. The average Bonchev–Trinajstić information content (AvgIpc) is 3.39. The molecular formula is C32H29N7O. The predicted molar refractivity (Wildman–Crippen MR) is 160 cm³/mol. The summed E-state index contributed by atoms with van der Waals surface area (Å²) in [5, 5.41) is 5.94. The number of benzene rings is 2. The van der Waals surface area contributed by atoms with Crippen LogP contribution in [0, 0.1) is 6.92 Å². The molecule has 1 fully saturated rings.